The number of likely N-dealkylation sites (N-methyl/N-ethyl adjacent to an activating group) is 1. The summed E-state index contributed by atoms with van der Waals surface area (Å²) in [5, 5.41) is 13.9. The van der Waals surface area contributed by atoms with Crippen LogP contribution in [-0.2, 0) is 16.1 Å². The maximum atomic E-state index is 11.3. The molecule has 0 aromatic carbocycles. The number of carbonyl (C=O) groups is 1. The molecule has 0 amide bonds. The summed E-state index contributed by atoms with van der Waals surface area (Å²) >= 11 is 0. The molecule has 0 spiro atoms. The van der Waals surface area contributed by atoms with Crippen LogP contribution >= 0.6 is 0 Å². The first-order valence-corrected chi connectivity index (χ1v) is 7.65. The number of hydrogen-bond donors (Lipinski definition) is 1. The molecule has 118 valence electrons. The van der Waals surface area contributed by atoms with Crippen molar-refractivity contribution in [1.29, 1.82) is 0 Å². The first-order valence-electron chi connectivity index (χ1n) is 7.65. The predicted octanol–water partition coefficient (Wildman–Crippen LogP) is 1.78. The summed E-state index contributed by atoms with van der Waals surface area (Å²) in [5.74, 6) is -1.22. The van der Waals surface area contributed by atoms with Gasteiger partial charge in [-0.1, -0.05) is 13.8 Å². The van der Waals surface area contributed by atoms with Crippen molar-refractivity contribution < 1.29 is 14.6 Å². The van der Waals surface area contributed by atoms with Crippen LogP contribution in [0.2, 0.25) is 0 Å². The SMILES string of the molecule is CCC(C)n1ccc(CN(CC)C2COCC2C(=O)O)n1. The molecule has 2 rings (SSSR count). The van der Waals surface area contributed by atoms with Crippen LogP contribution < -0.4 is 0 Å². The van der Waals surface area contributed by atoms with Crippen LogP contribution in [0.4, 0.5) is 0 Å². The second-order valence-corrected chi connectivity index (χ2v) is 5.66. The summed E-state index contributed by atoms with van der Waals surface area (Å²) < 4.78 is 7.34. The van der Waals surface area contributed by atoms with Gasteiger partial charge < -0.3 is 9.84 Å². The highest BCUT2D eigenvalue weighted by molar-refractivity contribution is 5.71. The van der Waals surface area contributed by atoms with E-state index in [9.17, 15) is 9.90 Å². The van der Waals surface area contributed by atoms with Gasteiger partial charge in [0.1, 0.15) is 0 Å². The molecule has 1 N–H and O–H groups in total. The van der Waals surface area contributed by atoms with E-state index < -0.39 is 11.9 Å². The summed E-state index contributed by atoms with van der Waals surface area (Å²) in [7, 11) is 0. The van der Waals surface area contributed by atoms with Gasteiger partial charge in [-0.05, 0) is 26.0 Å². The van der Waals surface area contributed by atoms with Crippen LogP contribution in [0.3, 0.4) is 0 Å². The Morgan fingerprint density at radius 2 is 2.33 bits per heavy atom. The molecule has 0 saturated carbocycles. The molecule has 1 fully saturated rings. The highest BCUT2D eigenvalue weighted by Crippen LogP contribution is 2.22. The van der Waals surface area contributed by atoms with E-state index in [1.807, 2.05) is 23.9 Å². The molecule has 21 heavy (non-hydrogen) atoms. The smallest absolute Gasteiger partial charge is 0.310 e. The lowest BCUT2D eigenvalue weighted by Gasteiger charge is -2.28. The number of aromatic nitrogens is 2. The van der Waals surface area contributed by atoms with E-state index in [0.717, 1.165) is 18.7 Å². The van der Waals surface area contributed by atoms with Crippen molar-refractivity contribution in [2.75, 3.05) is 19.8 Å². The largest absolute Gasteiger partial charge is 0.481 e. The topological polar surface area (TPSA) is 67.6 Å². The number of nitrogens with zero attached hydrogens (tertiary/aromatic N) is 3. The van der Waals surface area contributed by atoms with E-state index in [1.165, 1.54) is 0 Å². The molecule has 1 aromatic heterocycles. The van der Waals surface area contributed by atoms with Crippen molar-refractivity contribution in [2.24, 2.45) is 5.92 Å². The number of carboxylic acids is 1. The molecule has 1 aliphatic heterocycles. The zero-order valence-corrected chi connectivity index (χ0v) is 13.0. The Labute approximate surface area is 125 Å². The van der Waals surface area contributed by atoms with Crippen molar-refractivity contribution >= 4 is 5.97 Å². The minimum Gasteiger partial charge on any atom is -0.481 e. The molecule has 0 aliphatic carbocycles. The van der Waals surface area contributed by atoms with Crippen LogP contribution in [0.25, 0.3) is 0 Å². The van der Waals surface area contributed by atoms with Crippen molar-refractivity contribution in [3.05, 3.63) is 18.0 Å². The minimum atomic E-state index is -0.777. The molecule has 3 unspecified atom stereocenters. The molecule has 3 atom stereocenters. The molecule has 6 nitrogen and oxygen atoms in total. The van der Waals surface area contributed by atoms with Crippen molar-refractivity contribution in [1.82, 2.24) is 14.7 Å². The first-order chi connectivity index (χ1) is 10.1. The quantitative estimate of drug-likeness (QED) is 0.830. The molecule has 1 saturated heterocycles. The van der Waals surface area contributed by atoms with Crippen LogP contribution in [0.15, 0.2) is 12.3 Å². The molecule has 1 aromatic rings. The van der Waals surface area contributed by atoms with Gasteiger partial charge in [0.05, 0.1) is 24.8 Å². The van der Waals surface area contributed by atoms with E-state index in [0.29, 0.717) is 25.8 Å². The summed E-state index contributed by atoms with van der Waals surface area (Å²) in [6.45, 7) is 8.56. The van der Waals surface area contributed by atoms with Crippen LogP contribution in [-0.4, -0.2) is 51.6 Å². The molecule has 0 radical (unpaired) electrons. The fraction of sp³-hybridized carbons (Fsp3) is 0.733. The number of ether oxygens (including phenoxy) is 1. The first kappa shape index (κ1) is 16.0. The predicted molar refractivity (Wildman–Crippen MR) is 79.0 cm³/mol. The van der Waals surface area contributed by atoms with Crippen LogP contribution in [0.1, 0.15) is 38.9 Å². The van der Waals surface area contributed by atoms with Gasteiger partial charge in [-0.3, -0.25) is 14.4 Å². The Kier molecular flexibility index (Phi) is 5.36. The molecule has 1 aliphatic rings. The van der Waals surface area contributed by atoms with Crippen LogP contribution in [0, 0.1) is 5.92 Å². The van der Waals surface area contributed by atoms with E-state index in [-0.39, 0.29) is 6.04 Å². The highest BCUT2D eigenvalue weighted by Gasteiger charge is 2.37. The zero-order chi connectivity index (χ0) is 15.4. The van der Waals surface area contributed by atoms with Crippen molar-refractivity contribution in [2.45, 2.75) is 45.8 Å². The van der Waals surface area contributed by atoms with Gasteiger partial charge in [0.15, 0.2) is 0 Å². The second kappa shape index (κ2) is 7.04. The van der Waals surface area contributed by atoms with E-state index in [1.54, 1.807) is 0 Å². The van der Waals surface area contributed by atoms with Crippen molar-refractivity contribution in [3.63, 3.8) is 0 Å². The lowest BCUT2D eigenvalue weighted by Crippen LogP contribution is -2.42. The highest BCUT2D eigenvalue weighted by atomic mass is 16.5. The van der Waals surface area contributed by atoms with Gasteiger partial charge >= 0.3 is 5.97 Å². The molecular formula is C15H25N3O3. The molecule has 6 heteroatoms. The number of hydrogen-bond acceptors (Lipinski definition) is 4. The van der Waals surface area contributed by atoms with Gasteiger partial charge in [0.25, 0.3) is 0 Å². The summed E-state index contributed by atoms with van der Waals surface area (Å²) in [6, 6.07) is 2.33. The third-order valence-corrected chi connectivity index (χ3v) is 4.31. The standard InChI is InChI=1S/C15H25N3O3/c1-4-11(3)18-7-6-12(16-18)8-17(5-2)14-10-21-9-13(14)15(19)20/h6-7,11,13-14H,4-5,8-10H2,1-3H3,(H,19,20). The Hall–Kier alpha value is -1.40. The van der Waals surface area contributed by atoms with Crippen molar-refractivity contribution in [3.8, 4) is 0 Å². The van der Waals surface area contributed by atoms with Gasteiger partial charge in [-0.2, -0.15) is 5.10 Å². The van der Waals surface area contributed by atoms with Gasteiger partial charge in [0, 0.05) is 24.8 Å². The number of aliphatic carboxylic acids is 1. The average Bonchev–Trinajstić information content (AvgIpc) is 3.12. The lowest BCUT2D eigenvalue weighted by atomic mass is 10.0. The number of carboxylic acid groups (broad SMARTS) is 1. The second-order valence-electron chi connectivity index (χ2n) is 5.66. The van der Waals surface area contributed by atoms with E-state index in [4.69, 9.17) is 4.74 Å². The molecule has 2 heterocycles. The Morgan fingerprint density at radius 1 is 1.57 bits per heavy atom. The van der Waals surface area contributed by atoms with E-state index in [2.05, 4.69) is 23.8 Å². The maximum absolute atomic E-state index is 11.3. The third kappa shape index (κ3) is 3.63. The Bertz CT molecular complexity index is 474. The maximum Gasteiger partial charge on any atom is 0.310 e. The normalized spacial score (nSPS) is 23.6. The van der Waals surface area contributed by atoms with Gasteiger partial charge in [-0.15, -0.1) is 0 Å². The minimum absolute atomic E-state index is 0.0683. The third-order valence-electron chi connectivity index (χ3n) is 4.31. The lowest BCUT2D eigenvalue weighted by molar-refractivity contribution is -0.143. The summed E-state index contributed by atoms with van der Waals surface area (Å²) in [6.07, 6.45) is 3.04. The van der Waals surface area contributed by atoms with E-state index >= 15 is 0 Å². The van der Waals surface area contributed by atoms with Gasteiger partial charge in [-0.25, -0.2) is 0 Å². The molecular weight excluding hydrogens is 270 g/mol. The monoisotopic (exact) mass is 295 g/mol. The summed E-state index contributed by atoms with van der Waals surface area (Å²) in [4.78, 5) is 13.4. The fourth-order valence-corrected chi connectivity index (χ4v) is 2.70. The molecule has 0 bridgehead atoms. The Morgan fingerprint density at radius 3 is 2.95 bits per heavy atom. The summed E-state index contributed by atoms with van der Waals surface area (Å²) in [5.41, 5.74) is 0.980. The fourth-order valence-electron chi connectivity index (χ4n) is 2.70. The average molecular weight is 295 g/mol. The van der Waals surface area contributed by atoms with Crippen LogP contribution in [0.5, 0.6) is 0 Å². The Balaban J connectivity index is 2.05. The zero-order valence-electron chi connectivity index (χ0n) is 13.0. The number of rotatable bonds is 7. The van der Waals surface area contributed by atoms with Gasteiger partial charge in [0.2, 0.25) is 0 Å².